The van der Waals surface area contributed by atoms with E-state index in [1.165, 1.54) is 11.1 Å². The zero-order valence-electron chi connectivity index (χ0n) is 12.0. The lowest BCUT2D eigenvalue weighted by Crippen LogP contribution is -2.13. The standard InChI is InChI=1S/C17H21NOS/c1-13-8-9-16(12-14(13)2)20(19)17(10-11-18)15-6-4-3-5-7-15/h3-9,12,17H,10-11,18H2,1-2H3. The Morgan fingerprint density at radius 2 is 1.75 bits per heavy atom. The lowest BCUT2D eigenvalue weighted by molar-refractivity contribution is 0.664. The summed E-state index contributed by atoms with van der Waals surface area (Å²) in [6.45, 7) is 4.66. The molecule has 3 heteroatoms. The van der Waals surface area contributed by atoms with Gasteiger partial charge in [0.1, 0.15) is 0 Å². The van der Waals surface area contributed by atoms with Crippen LogP contribution < -0.4 is 5.73 Å². The summed E-state index contributed by atoms with van der Waals surface area (Å²) in [5.41, 5.74) is 9.19. The Morgan fingerprint density at radius 3 is 2.35 bits per heavy atom. The van der Waals surface area contributed by atoms with Crippen LogP contribution in [0.1, 0.15) is 28.4 Å². The minimum absolute atomic E-state index is 0.0386. The summed E-state index contributed by atoms with van der Waals surface area (Å²) in [7, 11) is -1.07. The summed E-state index contributed by atoms with van der Waals surface area (Å²) in [5.74, 6) is 0. The zero-order chi connectivity index (χ0) is 14.5. The normalized spacial score (nSPS) is 13.9. The Bertz CT molecular complexity index is 595. The molecule has 0 aliphatic heterocycles. The molecule has 2 aromatic rings. The van der Waals surface area contributed by atoms with Gasteiger partial charge >= 0.3 is 0 Å². The van der Waals surface area contributed by atoms with E-state index in [2.05, 4.69) is 13.8 Å². The molecule has 2 aromatic carbocycles. The quantitative estimate of drug-likeness (QED) is 0.914. The van der Waals surface area contributed by atoms with Crippen LogP contribution in [0.25, 0.3) is 0 Å². The molecule has 0 saturated carbocycles. The van der Waals surface area contributed by atoms with Gasteiger partial charge in [-0.2, -0.15) is 0 Å². The molecule has 20 heavy (non-hydrogen) atoms. The van der Waals surface area contributed by atoms with E-state index in [9.17, 15) is 4.21 Å². The Hall–Kier alpha value is -1.45. The first-order valence-electron chi connectivity index (χ1n) is 6.86. The van der Waals surface area contributed by atoms with Gasteiger partial charge in [0.2, 0.25) is 0 Å². The molecule has 2 rings (SSSR count). The van der Waals surface area contributed by atoms with E-state index in [-0.39, 0.29) is 5.25 Å². The van der Waals surface area contributed by atoms with Crippen molar-refractivity contribution < 1.29 is 4.21 Å². The van der Waals surface area contributed by atoms with Gasteiger partial charge in [-0.05, 0) is 55.6 Å². The third-order valence-electron chi connectivity index (χ3n) is 3.57. The maximum absolute atomic E-state index is 12.9. The Morgan fingerprint density at radius 1 is 1.05 bits per heavy atom. The summed E-state index contributed by atoms with van der Waals surface area (Å²) in [6, 6.07) is 16.0. The fourth-order valence-electron chi connectivity index (χ4n) is 2.22. The molecule has 0 aromatic heterocycles. The van der Waals surface area contributed by atoms with E-state index in [1.807, 2.05) is 48.5 Å². The lowest BCUT2D eigenvalue weighted by atomic mass is 10.1. The van der Waals surface area contributed by atoms with Gasteiger partial charge in [0, 0.05) is 4.90 Å². The highest BCUT2D eigenvalue weighted by Gasteiger charge is 2.20. The van der Waals surface area contributed by atoms with Gasteiger partial charge in [-0.15, -0.1) is 0 Å². The average Bonchev–Trinajstić information content (AvgIpc) is 2.48. The first-order chi connectivity index (χ1) is 9.63. The zero-order valence-corrected chi connectivity index (χ0v) is 12.8. The second-order valence-electron chi connectivity index (χ2n) is 5.02. The number of benzene rings is 2. The molecule has 0 amide bonds. The first kappa shape index (κ1) is 14.9. The predicted molar refractivity (Wildman–Crippen MR) is 85.2 cm³/mol. The first-order valence-corrected chi connectivity index (χ1v) is 8.07. The molecule has 0 heterocycles. The van der Waals surface area contributed by atoms with Crippen molar-refractivity contribution in [1.29, 1.82) is 0 Å². The molecule has 0 aliphatic rings. The monoisotopic (exact) mass is 287 g/mol. The van der Waals surface area contributed by atoms with Crippen LogP contribution in [0, 0.1) is 13.8 Å². The molecule has 2 N–H and O–H groups in total. The Kier molecular flexibility index (Phi) is 5.10. The summed E-state index contributed by atoms with van der Waals surface area (Å²) >= 11 is 0. The number of rotatable bonds is 5. The second kappa shape index (κ2) is 6.82. The smallest absolute Gasteiger partial charge is 0.0655 e. The number of hydrogen-bond acceptors (Lipinski definition) is 2. The molecule has 106 valence electrons. The summed E-state index contributed by atoms with van der Waals surface area (Å²) in [5, 5.41) is -0.0386. The van der Waals surface area contributed by atoms with Crippen LogP contribution in [0.4, 0.5) is 0 Å². The predicted octanol–water partition coefficient (Wildman–Crippen LogP) is 3.50. The summed E-state index contributed by atoms with van der Waals surface area (Å²) in [6.07, 6.45) is 0.726. The largest absolute Gasteiger partial charge is 0.330 e. The maximum atomic E-state index is 12.9. The van der Waals surface area contributed by atoms with E-state index in [4.69, 9.17) is 5.73 Å². The Labute approximate surface area is 123 Å². The van der Waals surface area contributed by atoms with Gasteiger partial charge in [-0.3, -0.25) is 4.21 Å². The maximum Gasteiger partial charge on any atom is 0.0655 e. The van der Waals surface area contributed by atoms with E-state index in [0.29, 0.717) is 6.54 Å². The molecule has 0 aliphatic carbocycles. The van der Waals surface area contributed by atoms with Gasteiger partial charge < -0.3 is 5.73 Å². The molecule has 2 unspecified atom stereocenters. The van der Waals surface area contributed by atoms with Crippen molar-refractivity contribution in [3.05, 3.63) is 65.2 Å². The van der Waals surface area contributed by atoms with Crippen LogP contribution in [0.5, 0.6) is 0 Å². The third-order valence-corrected chi connectivity index (χ3v) is 5.31. The molecule has 0 fully saturated rings. The summed E-state index contributed by atoms with van der Waals surface area (Å²) in [4.78, 5) is 0.885. The molecule has 0 spiro atoms. The third kappa shape index (κ3) is 3.35. The van der Waals surface area contributed by atoms with Crippen molar-refractivity contribution in [1.82, 2.24) is 0 Å². The van der Waals surface area contributed by atoms with E-state index >= 15 is 0 Å². The van der Waals surface area contributed by atoms with Crippen molar-refractivity contribution >= 4 is 10.8 Å². The lowest BCUT2D eigenvalue weighted by Gasteiger charge is -2.17. The fourth-order valence-corrected chi connectivity index (χ4v) is 3.80. The topological polar surface area (TPSA) is 43.1 Å². The van der Waals surface area contributed by atoms with Crippen LogP contribution in [0.15, 0.2) is 53.4 Å². The van der Waals surface area contributed by atoms with E-state index in [1.54, 1.807) is 0 Å². The highest BCUT2D eigenvalue weighted by molar-refractivity contribution is 7.85. The number of nitrogens with two attached hydrogens (primary N) is 1. The molecule has 0 saturated heterocycles. The Balaban J connectivity index is 2.34. The minimum Gasteiger partial charge on any atom is -0.330 e. The van der Waals surface area contributed by atoms with E-state index in [0.717, 1.165) is 16.9 Å². The van der Waals surface area contributed by atoms with Crippen molar-refractivity contribution in [2.24, 2.45) is 5.73 Å². The summed E-state index contributed by atoms with van der Waals surface area (Å²) < 4.78 is 12.9. The van der Waals surface area contributed by atoms with Crippen LogP contribution in [0.3, 0.4) is 0 Å². The molecule has 2 atom stereocenters. The van der Waals surface area contributed by atoms with Crippen LogP contribution in [0.2, 0.25) is 0 Å². The van der Waals surface area contributed by atoms with Gasteiger partial charge in [-0.25, -0.2) is 0 Å². The van der Waals surface area contributed by atoms with Crippen LogP contribution >= 0.6 is 0 Å². The number of hydrogen-bond donors (Lipinski definition) is 1. The van der Waals surface area contributed by atoms with Crippen molar-refractivity contribution in [3.8, 4) is 0 Å². The highest BCUT2D eigenvalue weighted by atomic mass is 32.2. The van der Waals surface area contributed by atoms with Gasteiger partial charge in [0.15, 0.2) is 0 Å². The van der Waals surface area contributed by atoms with Gasteiger partial charge in [-0.1, -0.05) is 36.4 Å². The second-order valence-corrected chi connectivity index (χ2v) is 6.66. The van der Waals surface area contributed by atoms with Crippen LogP contribution in [-0.4, -0.2) is 10.8 Å². The highest BCUT2D eigenvalue weighted by Crippen LogP contribution is 2.28. The van der Waals surface area contributed by atoms with Gasteiger partial charge in [0.05, 0.1) is 16.0 Å². The van der Waals surface area contributed by atoms with Crippen molar-refractivity contribution in [3.63, 3.8) is 0 Å². The fraction of sp³-hybridized carbons (Fsp3) is 0.294. The average molecular weight is 287 g/mol. The molecular formula is C17H21NOS. The van der Waals surface area contributed by atoms with Gasteiger partial charge in [0.25, 0.3) is 0 Å². The SMILES string of the molecule is Cc1ccc(S(=O)C(CCN)c2ccccc2)cc1C. The molecule has 0 radical (unpaired) electrons. The van der Waals surface area contributed by atoms with Crippen LogP contribution in [-0.2, 0) is 10.8 Å². The minimum atomic E-state index is -1.07. The van der Waals surface area contributed by atoms with Crippen molar-refractivity contribution in [2.75, 3.05) is 6.54 Å². The van der Waals surface area contributed by atoms with Crippen molar-refractivity contribution in [2.45, 2.75) is 30.4 Å². The molecule has 0 bridgehead atoms. The van der Waals surface area contributed by atoms with E-state index < -0.39 is 10.8 Å². The molecule has 2 nitrogen and oxygen atoms in total. The molecular weight excluding hydrogens is 266 g/mol. The number of aryl methyl sites for hydroxylation is 2.